The second-order valence-corrected chi connectivity index (χ2v) is 6.62. The molecule has 1 spiro atoms. The van der Waals surface area contributed by atoms with Gasteiger partial charge in [-0.3, -0.25) is 9.78 Å². The molecule has 2 saturated heterocycles. The number of nitrogens with zero attached hydrogens (tertiary/aromatic N) is 4. The van der Waals surface area contributed by atoms with Crippen LogP contribution in [0.5, 0.6) is 0 Å². The highest BCUT2D eigenvalue weighted by atomic mass is 16.5. The van der Waals surface area contributed by atoms with Crippen molar-refractivity contribution in [3.63, 3.8) is 0 Å². The molecule has 2 aliphatic rings. The Bertz CT molecular complexity index is 710. The molecule has 1 amide bonds. The quantitative estimate of drug-likeness (QED) is 0.850. The number of ether oxygens (including phenoxy) is 1. The maximum absolute atomic E-state index is 12.2. The Morgan fingerprint density at radius 3 is 3.08 bits per heavy atom. The Labute approximate surface area is 140 Å². The number of pyridine rings is 1. The van der Waals surface area contributed by atoms with Crippen molar-refractivity contribution in [2.75, 3.05) is 26.3 Å². The highest BCUT2D eigenvalue weighted by molar-refractivity contribution is 5.77. The molecule has 0 radical (unpaired) electrons. The van der Waals surface area contributed by atoms with Gasteiger partial charge in [0.25, 0.3) is 0 Å². The van der Waals surface area contributed by atoms with Crippen LogP contribution in [0.1, 0.15) is 25.2 Å². The van der Waals surface area contributed by atoms with Gasteiger partial charge in [-0.1, -0.05) is 5.16 Å². The van der Waals surface area contributed by atoms with E-state index in [1.807, 2.05) is 17.0 Å². The van der Waals surface area contributed by atoms with Crippen molar-refractivity contribution in [3.8, 4) is 11.4 Å². The standard InChI is InChI=1S/C17H20N4O3/c22-15-3-5-17(6-9-23-12-17)11-21(15)8-4-14-19-16(20-24-14)13-2-1-7-18-10-13/h1-2,7,10H,3-6,8-9,11-12H2. The molecule has 2 aromatic rings. The van der Waals surface area contributed by atoms with E-state index in [4.69, 9.17) is 9.26 Å². The van der Waals surface area contributed by atoms with Crippen molar-refractivity contribution >= 4 is 5.91 Å². The fraction of sp³-hybridized carbons (Fsp3) is 0.529. The third-order valence-electron chi connectivity index (χ3n) is 4.92. The highest BCUT2D eigenvalue weighted by Gasteiger charge is 2.41. The predicted molar refractivity (Wildman–Crippen MR) is 84.9 cm³/mol. The number of carbonyl (C=O) groups is 1. The molecule has 126 valence electrons. The van der Waals surface area contributed by atoms with E-state index in [0.29, 0.717) is 31.1 Å². The van der Waals surface area contributed by atoms with Crippen LogP contribution in [0, 0.1) is 5.41 Å². The van der Waals surface area contributed by atoms with Crippen molar-refractivity contribution in [3.05, 3.63) is 30.4 Å². The second kappa shape index (κ2) is 6.32. The Morgan fingerprint density at radius 2 is 2.29 bits per heavy atom. The zero-order valence-electron chi connectivity index (χ0n) is 13.5. The Morgan fingerprint density at radius 1 is 1.33 bits per heavy atom. The van der Waals surface area contributed by atoms with Crippen LogP contribution in [0.25, 0.3) is 11.4 Å². The second-order valence-electron chi connectivity index (χ2n) is 6.62. The minimum Gasteiger partial charge on any atom is -0.381 e. The summed E-state index contributed by atoms with van der Waals surface area (Å²) in [5.74, 6) is 1.28. The summed E-state index contributed by atoms with van der Waals surface area (Å²) < 4.78 is 10.9. The molecule has 2 aromatic heterocycles. The first-order valence-electron chi connectivity index (χ1n) is 8.33. The van der Waals surface area contributed by atoms with Gasteiger partial charge in [0.05, 0.1) is 6.61 Å². The van der Waals surface area contributed by atoms with Crippen LogP contribution >= 0.6 is 0 Å². The van der Waals surface area contributed by atoms with Gasteiger partial charge in [-0.05, 0) is 25.0 Å². The monoisotopic (exact) mass is 328 g/mol. The van der Waals surface area contributed by atoms with Crippen LogP contribution in [0.15, 0.2) is 29.0 Å². The molecule has 7 heteroatoms. The molecule has 4 heterocycles. The molecule has 0 aromatic carbocycles. The first-order chi connectivity index (χ1) is 11.7. The minimum absolute atomic E-state index is 0.156. The number of likely N-dealkylation sites (tertiary alicyclic amines) is 1. The Hall–Kier alpha value is -2.28. The summed E-state index contributed by atoms with van der Waals surface area (Å²) >= 11 is 0. The largest absolute Gasteiger partial charge is 0.381 e. The molecule has 1 atom stereocenters. The summed E-state index contributed by atoms with van der Waals surface area (Å²) in [5.41, 5.74) is 0.979. The number of aromatic nitrogens is 3. The van der Waals surface area contributed by atoms with Gasteiger partial charge in [-0.25, -0.2) is 0 Å². The zero-order chi connectivity index (χ0) is 16.4. The fourth-order valence-corrected chi connectivity index (χ4v) is 3.48. The van der Waals surface area contributed by atoms with Gasteiger partial charge in [-0.15, -0.1) is 0 Å². The van der Waals surface area contributed by atoms with Gasteiger partial charge in [-0.2, -0.15) is 4.98 Å². The minimum atomic E-state index is 0.156. The van der Waals surface area contributed by atoms with Gasteiger partial charge < -0.3 is 14.2 Å². The maximum Gasteiger partial charge on any atom is 0.228 e. The van der Waals surface area contributed by atoms with E-state index in [9.17, 15) is 4.79 Å². The molecule has 0 N–H and O–H groups in total. The molecule has 4 rings (SSSR count). The summed E-state index contributed by atoms with van der Waals surface area (Å²) in [4.78, 5) is 22.6. The first kappa shape index (κ1) is 15.3. The third-order valence-corrected chi connectivity index (χ3v) is 4.92. The summed E-state index contributed by atoms with van der Waals surface area (Å²) in [5, 5.41) is 3.99. The van der Waals surface area contributed by atoms with Crippen molar-refractivity contribution in [2.24, 2.45) is 5.41 Å². The molecule has 0 aliphatic carbocycles. The predicted octanol–water partition coefficient (Wildman–Crippen LogP) is 1.70. The molecule has 2 aliphatic heterocycles. The molecular weight excluding hydrogens is 308 g/mol. The lowest BCUT2D eigenvalue weighted by Gasteiger charge is -2.39. The van der Waals surface area contributed by atoms with Gasteiger partial charge in [0.2, 0.25) is 17.6 Å². The van der Waals surface area contributed by atoms with Crippen molar-refractivity contribution in [2.45, 2.75) is 25.7 Å². The van der Waals surface area contributed by atoms with Crippen LogP contribution in [-0.2, 0) is 16.0 Å². The van der Waals surface area contributed by atoms with Crippen LogP contribution < -0.4 is 0 Å². The van der Waals surface area contributed by atoms with Crippen LogP contribution in [0.3, 0.4) is 0 Å². The SMILES string of the molecule is O=C1CCC2(CCOC2)CN1CCc1nc(-c2cccnc2)no1. The maximum atomic E-state index is 12.2. The first-order valence-corrected chi connectivity index (χ1v) is 8.33. The number of rotatable bonds is 4. The van der Waals surface area contributed by atoms with E-state index >= 15 is 0 Å². The number of amides is 1. The lowest BCUT2D eigenvalue weighted by molar-refractivity contribution is -0.137. The van der Waals surface area contributed by atoms with Gasteiger partial charge >= 0.3 is 0 Å². The van der Waals surface area contributed by atoms with Crippen LogP contribution in [0.2, 0.25) is 0 Å². The molecular formula is C17H20N4O3. The molecule has 7 nitrogen and oxygen atoms in total. The molecule has 0 bridgehead atoms. The lowest BCUT2D eigenvalue weighted by Crippen LogP contribution is -2.47. The van der Waals surface area contributed by atoms with Crippen molar-refractivity contribution < 1.29 is 14.1 Å². The van der Waals surface area contributed by atoms with E-state index in [0.717, 1.165) is 38.2 Å². The third kappa shape index (κ3) is 3.03. The lowest BCUT2D eigenvalue weighted by atomic mass is 9.79. The normalized spacial score (nSPS) is 24.0. The molecule has 0 saturated carbocycles. The van der Waals surface area contributed by atoms with Crippen LogP contribution in [-0.4, -0.2) is 52.2 Å². The molecule has 1 unspecified atom stereocenters. The molecule has 2 fully saturated rings. The number of hydrogen-bond acceptors (Lipinski definition) is 6. The number of piperidine rings is 1. The zero-order valence-corrected chi connectivity index (χ0v) is 13.5. The topological polar surface area (TPSA) is 81.4 Å². The Kier molecular flexibility index (Phi) is 4.02. The number of carbonyl (C=O) groups excluding carboxylic acids is 1. The summed E-state index contributed by atoms with van der Waals surface area (Å²) in [7, 11) is 0. The van der Waals surface area contributed by atoms with E-state index in [1.165, 1.54) is 0 Å². The molecule has 24 heavy (non-hydrogen) atoms. The average Bonchev–Trinajstić information content (AvgIpc) is 3.27. The van der Waals surface area contributed by atoms with E-state index in [2.05, 4.69) is 15.1 Å². The van der Waals surface area contributed by atoms with E-state index in [1.54, 1.807) is 12.4 Å². The van der Waals surface area contributed by atoms with Gasteiger partial charge in [0.15, 0.2) is 0 Å². The summed E-state index contributed by atoms with van der Waals surface area (Å²) in [6, 6.07) is 3.72. The fourth-order valence-electron chi connectivity index (χ4n) is 3.48. The van der Waals surface area contributed by atoms with Crippen molar-refractivity contribution in [1.29, 1.82) is 0 Å². The van der Waals surface area contributed by atoms with Gasteiger partial charge in [0, 0.05) is 55.9 Å². The smallest absolute Gasteiger partial charge is 0.228 e. The van der Waals surface area contributed by atoms with E-state index in [-0.39, 0.29) is 11.3 Å². The van der Waals surface area contributed by atoms with E-state index < -0.39 is 0 Å². The summed E-state index contributed by atoms with van der Waals surface area (Å²) in [6.45, 7) is 2.95. The van der Waals surface area contributed by atoms with Gasteiger partial charge in [0.1, 0.15) is 0 Å². The van der Waals surface area contributed by atoms with Crippen molar-refractivity contribution in [1.82, 2.24) is 20.0 Å². The highest BCUT2D eigenvalue weighted by Crippen LogP contribution is 2.38. The summed E-state index contributed by atoms with van der Waals surface area (Å²) in [6.07, 6.45) is 6.56. The average molecular weight is 328 g/mol. The number of hydrogen-bond donors (Lipinski definition) is 0. The van der Waals surface area contributed by atoms with Crippen LogP contribution in [0.4, 0.5) is 0 Å². The Balaban J connectivity index is 1.39.